The van der Waals surface area contributed by atoms with Crippen molar-refractivity contribution in [3.05, 3.63) is 36.4 Å². The highest BCUT2D eigenvalue weighted by Crippen LogP contribution is 2.22. The van der Waals surface area contributed by atoms with Crippen LogP contribution >= 0.6 is 0 Å². The molecular weight excluding hydrogens is 220 g/mol. The number of aryl methyl sites for hydroxylation is 1. The molecule has 1 N–H and O–H groups in total. The van der Waals surface area contributed by atoms with E-state index in [9.17, 15) is 0 Å². The molecule has 2 heteroatoms. The van der Waals surface area contributed by atoms with Gasteiger partial charge in [-0.15, -0.1) is 6.58 Å². The van der Waals surface area contributed by atoms with E-state index >= 15 is 0 Å². The Bertz CT molecular complexity index is 369. The van der Waals surface area contributed by atoms with E-state index in [2.05, 4.69) is 56.0 Å². The van der Waals surface area contributed by atoms with E-state index in [-0.39, 0.29) is 0 Å². The number of rotatable bonds is 8. The maximum Gasteiger partial charge on any atom is 0.0411 e. The molecule has 0 fully saturated rings. The van der Waals surface area contributed by atoms with Gasteiger partial charge in [-0.25, -0.2) is 0 Å². The summed E-state index contributed by atoms with van der Waals surface area (Å²) in [6, 6.07) is 6.56. The van der Waals surface area contributed by atoms with Crippen LogP contribution in [0, 0.1) is 6.92 Å². The SMILES string of the molecule is C=CCCCCCNc1ccc(C)c(N(C)C)c1. The van der Waals surface area contributed by atoms with Gasteiger partial charge in [0.15, 0.2) is 0 Å². The molecule has 1 aromatic carbocycles. The highest BCUT2D eigenvalue weighted by molar-refractivity contribution is 5.61. The van der Waals surface area contributed by atoms with Crippen molar-refractivity contribution in [1.29, 1.82) is 0 Å². The van der Waals surface area contributed by atoms with Crippen LogP contribution in [-0.2, 0) is 0 Å². The minimum atomic E-state index is 1.05. The maximum absolute atomic E-state index is 3.74. The van der Waals surface area contributed by atoms with Gasteiger partial charge in [0.25, 0.3) is 0 Å². The van der Waals surface area contributed by atoms with Crippen LogP contribution in [0.4, 0.5) is 11.4 Å². The lowest BCUT2D eigenvalue weighted by atomic mass is 10.1. The first-order valence-electron chi connectivity index (χ1n) is 6.78. The molecule has 0 unspecified atom stereocenters. The monoisotopic (exact) mass is 246 g/mol. The molecule has 0 bridgehead atoms. The molecule has 0 aromatic heterocycles. The highest BCUT2D eigenvalue weighted by Gasteiger charge is 2.01. The molecule has 18 heavy (non-hydrogen) atoms. The summed E-state index contributed by atoms with van der Waals surface area (Å²) in [5.74, 6) is 0. The van der Waals surface area contributed by atoms with Crippen LogP contribution < -0.4 is 10.2 Å². The standard InChI is InChI=1S/C16H26N2/c1-5-6-7-8-9-12-17-15-11-10-14(2)16(13-15)18(3)4/h5,10-11,13,17H,1,6-9,12H2,2-4H3. The second-order valence-corrected chi connectivity index (χ2v) is 4.96. The first-order valence-corrected chi connectivity index (χ1v) is 6.78. The summed E-state index contributed by atoms with van der Waals surface area (Å²) in [7, 11) is 4.17. The van der Waals surface area contributed by atoms with Gasteiger partial charge in [-0.3, -0.25) is 0 Å². The van der Waals surface area contributed by atoms with E-state index in [1.54, 1.807) is 0 Å². The Morgan fingerprint density at radius 3 is 2.67 bits per heavy atom. The second kappa shape index (κ2) is 7.80. The van der Waals surface area contributed by atoms with Gasteiger partial charge in [-0.05, 0) is 43.9 Å². The van der Waals surface area contributed by atoms with Gasteiger partial charge < -0.3 is 10.2 Å². The van der Waals surface area contributed by atoms with Crippen molar-refractivity contribution in [3.63, 3.8) is 0 Å². The van der Waals surface area contributed by atoms with Gasteiger partial charge in [0.1, 0.15) is 0 Å². The normalized spacial score (nSPS) is 10.2. The summed E-state index contributed by atoms with van der Waals surface area (Å²) >= 11 is 0. The van der Waals surface area contributed by atoms with Crippen molar-refractivity contribution in [2.75, 3.05) is 30.9 Å². The molecule has 1 aromatic rings. The number of nitrogens with zero attached hydrogens (tertiary/aromatic N) is 1. The molecule has 0 saturated heterocycles. The van der Waals surface area contributed by atoms with Crippen LogP contribution in [-0.4, -0.2) is 20.6 Å². The number of unbranched alkanes of at least 4 members (excludes halogenated alkanes) is 3. The van der Waals surface area contributed by atoms with Crippen LogP contribution in [0.15, 0.2) is 30.9 Å². The van der Waals surface area contributed by atoms with Crippen LogP contribution in [0.25, 0.3) is 0 Å². The van der Waals surface area contributed by atoms with Crippen molar-refractivity contribution in [3.8, 4) is 0 Å². The third-order valence-electron chi connectivity index (χ3n) is 3.11. The summed E-state index contributed by atoms with van der Waals surface area (Å²) in [5.41, 5.74) is 3.82. The highest BCUT2D eigenvalue weighted by atomic mass is 15.1. The molecule has 0 radical (unpaired) electrons. The fourth-order valence-corrected chi connectivity index (χ4v) is 2.02. The van der Waals surface area contributed by atoms with Crippen molar-refractivity contribution in [2.45, 2.75) is 32.6 Å². The fraction of sp³-hybridized carbons (Fsp3) is 0.500. The first kappa shape index (κ1) is 14.6. The van der Waals surface area contributed by atoms with Crippen molar-refractivity contribution in [2.24, 2.45) is 0 Å². The van der Waals surface area contributed by atoms with Crippen LogP contribution in [0.2, 0.25) is 0 Å². The average molecular weight is 246 g/mol. The predicted octanol–water partition coefficient (Wildman–Crippen LogP) is 4.22. The summed E-state index contributed by atoms with van der Waals surface area (Å²) in [5, 5.41) is 3.49. The topological polar surface area (TPSA) is 15.3 Å². The molecule has 2 nitrogen and oxygen atoms in total. The summed E-state index contributed by atoms with van der Waals surface area (Å²) < 4.78 is 0. The van der Waals surface area contributed by atoms with Crippen LogP contribution in [0.5, 0.6) is 0 Å². The molecule has 100 valence electrons. The number of anilines is 2. The van der Waals surface area contributed by atoms with Crippen LogP contribution in [0.3, 0.4) is 0 Å². The van der Waals surface area contributed by atoms with E-state index in [0.717, 1.165) is 13.0 Å². The number of hydrogen-bond donors (Lipinski definition) is 1. The van der Waals surface area contributed by atoms with Crippen molar-refractivity contribution < 1.29 is 0 Å². The number of allylic oxidation sites excluding steroid dienone is 1. The van der Waals surface area contributed by atoms with Gasteiger partial charge in [0, 0.05) is 32.0 Å². The lowest BCUT2D eigenvalue weighted by molar-refractivity contribution is 0.709. The summed E-state index contributed by atoms with van der Waals surface area (Å²) in [6.45, 7) is 6.94. The van der Waals surface area contributed by atoms with Gasteiger partial charge >= 0.3 is 0 Å². The Kier molecular flexibility index (Phi) is 6.34. The van der Waals surface area contributed by atoms with Crippen molar-refractivity contribution >= 4 is 11.4 Å². The Morgan fingerprint density at radius 2 is 2.00 bits per heavy atom. The van der Waals surface area contributed by atoms with E-state index in [1.165, 1.54) is 36.2 Å². The zero-order valence-electron chi connectivity index (χ0n) is 12.0. The quantitative estimate of drug-likeness (QED) is 0.546. The molecule has 0 heterocycles. The zero-order valence-corrected chi connectivity index (χ0v) is 12.0. The summed E-state index contributed by atoms with van der Waals surface area (Å²) in [4.78, 5) is 2.16. The third-order valence-corrected chi connectivity index (χ3v) is 3.11. The van der Waals surface area contributed by atoms with Crippen LogP contribution in [0.1, 0.15) is 31.2 Å². The third kappa shape index (κ3) is 4.82. The largest absolute Gasteiger partial charge is 0.385 e. The Hall–Kier alpha value is -1.44. The molecule has 0 aliphatic heterocycles. The van der Waals surface area contributed by atoms with Gasteiger partial charge in [-0.1, -0.05) is 18.6 Å². The smallest absolute Gasteiger partial charge is 0.0411 e. The zero-order chi connectivity index (χ0) is 13.4. The molecule has 0 saturated carbocycles. The molecule has 0 atom stereocenters. The van der Waals surface area contributed by atoms with E-state index < -0.39 is 0 Å². The minimum Gasteiger partial charge on any atom is -0.385 e. The second-order valence-electron chi connectivity index (χ2n) is 4.96. The number of nitrogens with one attached hydrogen (secondary N) is 1. The molecule has 0 aliphatic carbocycles. The van der Waals surface area contributed by atoms with Gasteiger partial charge in [0.2, 0.25) is 0 Å². The molecule has 0 spiro atoms. The lowest BCUT2D eigenvalue weighted by Gasteiger charge is -2.17. The number of hydrogen-bond acceptors (Lipinski definition) is 2. The van der Waals surface area contributed by atoms with E-state index in [0.29, 0.717) is 0 Å². The Balaban J connectivity index is 2.38. The predicted molar refractivity (Wildman–Crippen MR) is 82.7 cm³/mol. The minimum absolute atomic E-state index is 1.05. The van der Waals surface area contributed by atoms with E-state index in [4.69, 9.17) is 0 Å². The van der Waals surface area contributed by atoms with Gasteiger partial charge in [0.05, 0.1) is 0 Å². The summed E-state index contributed by atoms with van der Waals surface area (Å²) in [6.07, 6.45) is 6.87. The van der Waals surface area contributed by atoms with E-state index in [1.807, 2.05) is 6.08 Å². The van der Waals surface area contributed by atoms with Gasteiger partial charge in [-0.2, -0.15) is 0 Å². The Labute approximate surface area is 112 Å². The van der Waals surface area contributed by atoms with Crippen molar-refractivity contribution in [1.82, 2.24) is 0 Å². The Morgan fingerprint density at radius 1 is 1.22 bits per heavy atom. The molecule has 1 rings (SSSR count). The lowest BCUT2D eigenvalue weighted by Crippen LogP contribution is -2.11. The maximum atomic E-state index is 3.74. The number of benzene rings is 1. The molecule has 0 amide bonds. The first-order chi connectivity index (χ1) is 8.65. The molecule has 0 aliphatic rings. The molecular formula is C16H26N2. The fourth-order valence-electron chi connectivity index (χ4n) is 2.02. The average Bonchev–Trinajstić information content (AvgIpc) is 2.35.